The van der Waals surface area contributed by atoms with Crippen LogP contribution < -0.4 is 15.8 Å². The van der Waals surface area contributed by atoms with Crippen molar-refractivity contribution in [1.82, 2.24) is 10.3 Å². The third-order valence-electron chi connectivity index (χ3n) is 3.95. The maximum atomic E-state index is 14.6. The zero-order valence-corrected chi connectivity index (χ0v) is 16.2. The zero-order chi connectivity index (χ0) is 20.4. The highest BCUT2D eigenvalue weighted by atomic mass is 19.1. The van der Waals surface area contributed by atoms with Crippen LogP contribution >= 0.6 is 0 Å². The van der Waals surface area contributed by atoms with Gasteiger partial charge < -0.3 is 20.5 Å². The number of rotatable bonds is 10. The van der Waals surface area contributed by atoms with Gasteiger partial charge in [0, 0.05) is 19.2 Å². The van der Waals surface area contributed by atoms with Crippen LogP contribution in [0.1, 0.15) is 41.4 Å². The number of carbonyl (C=O) groups is 1. The predicted octanol–water partition coefficient (Wildman–Crippen LogP) is 3.61. The molecule has 0 unspecified atom stereocenters. The van der Waals surface area contributed by atoms with Crippen molar-refractivity contribution in [3.63, 3.8) is 0 Å². The molecule has 1 heterocycles. The maximum Gasteiger partial charge on any atom is 0.255 e. The van der Waals surface area contributed by atoms with Gasteiger partial charge in [-0.2, -0.15) is 0 Å². The summed E-state index contributed by atoms with van der Waals surface area (Å²) in [5.41, 5.74) is 7.03. The van der Waals surface area contributed by atoms with Gasteiger partial charge in [0.1, 0.15) is 5.82 Å². The van der Waals surface area contributed by atoms with Crippen molar-refractivity contribution in [3.05, 3.63) is 65.1 Å². The molecule has 150 valence electrons. The van der Waals surface area contributed by atoms with Crippen LogP contribution in [0.25, 0.3) is 0 Å². The molecule has 1 aromatic heterocycles. The molecule has 0 saturated carbocycles. The average Bonchev–Trinajstić information content (AvgIpc) is 2.68. The quantitative estimate of drug-likeness (QED) is 0.480. The number of benzene rings is 1. The Morgan fingerprint density at radius 3 is 2.82 bits per heavy atom. The van der Waals surface area contributed by atoms with Gasteiger partial charge >= 0.3 is 0 Å². The molecule has 0 atom stereocenters. The van der Waals surface area contributed by atoms with E-state index in [1.54, 1.807) is 37.4 Å². The number of anilines is 1. The van der Waals surface area contributed by atoms with E-state index in [2.05, 4.69) is 10.3 Å². The maximum absolute atomic E-state index is 14.6. The Labute approximate surface area is 164 Å². The molecular weight excluding hydrogens is 361 g/mol. The number of allylic oxidation sites excluding steroid dienone is 1. The number of halogens is 1. The van der Waals surface area contributed by atoms with Gasteiger partial charge in [-0.1, -0.05) is 31.2 Å². The second kappa shape index (κ2) is 11.0. The molecule has 7 heteroatoms. The first-order chi connectivity index (χ1) is 13.6. The second-order valence-corrected chi connectivity index (χ2v) is 6.10. The minimum Gasteiger partial charge on any atom is -0.490 e. The Kier molecular flexibility index (Phi) is 8.42. The predicted molar refractivity (Wildman–Crippen MR) is 106 cm³/mol. The fraction of sp³-hybridized carbons (Fsp3) is 0.333. The molecule has 2 rings (SSSR count). The minimum absolute atomic E-state index is 0.0108. The zero-order valence-electron chi connectivity index (χ0n) is 16.2. The number of amides is 1. The third kappa shape index (κ3) is 6.06. The lowest BCUT2D eigenvalue weighted by Crippen LogP contribution is -2.25. The molecule has 0 saturated heterocycles. The smallest absolute Gasteiger partial charge is 0.255 e. The summed E-state index contributed by atoms with van der Waals surface area (Å²) in [7, 11) is 1.55. The largest absolute Gasteiger partial charge is 0.490 e. The van der Waals surface area contributed by atoms with Gasteiger partial charge in [0.25, 0.3) is 5.91 Å². The number of pyridine rings is 1. The first-order valence-electron chi connectivity index (χ1n) is 9.14. The SMILES string of the molecule is CCC=CCCOc1cccc(CNC(=O)c2ccc(COC)nc2N)c1F. The van der Waals surface area contributed by atoms with Crippen LogP contribution in [-0.2, 0) is 17.9 Å². The van der Waals surface area contributed by atoms with E-state index in [1.165, 1.54) is 0 Å². The monoisotopic (exact) mass is 387 g/mol. The van der Waals surface area contributed by atoms with Crippen molar-refractivity contribution >= 4 is 11.7 Å². The molecule has 0 aliphatic heterocycles. The molecule has 0 aliphatic carbocycles. The summed E-state index contributed by atoms with van der Waals surface area (Å²) < 4.78 is 25.0. The highest BCUT2D eigenvalue weighted by molar-refractivity contribution is 5.98. The van der Waals surface area contributed by atoms with Gasteiger partial charge in [0.2, 0.25) is 0 Å². The molecule has 1 aromatic carbocycles. The number of nitrogen functional groups attached to an aromatic ring is 1. The Morgan fingerprint density at radius 2 is 2.11 bits per heavy atom. The van der Waals surface area contributed by atoms with Crippen LogP contribution in [0.5, 0.6) is 5.75 Å². The first-order valence-corrected chi connectivity index (χ1v) is 9.14. The fourth-order valence-corrected chi connectivity index (χ4v) is 2.53. The van der Waals surface area contributed by atoms with Crippen LogP contribution in [0, 0.1) is 5.82 Å². The van der Waals surface area contributed by atoms with Crippen LogP contribution in [0.2, 0.25) is 0 Å². The number of carbonyl (C=O) groups excluding carboxylic acids is 1. The van der Waals surface area contributed by atoms with Crippen molar-refractivity contribution in [3.8, 4) is 5.75 Å². The molecular formula is C21H26FN3O3. The van der Waals surface area contributed by atoms with Crippen molar-refractivity contribution < 1.29 is 18.7 Å². The van der Waals surface area contributed by atoms with E-state index in [0.29, 0.717) is 30.9 Å². The number of ether oxygens (including phenoxy) is 2. The molecule has 0 aliphatic rings. The Bertz CT molecular complexity index is 825. The highest BCUT2D eigenvalue weighted by Crippen LogP contribution is 2.21. The van der Waals surface area contributed by atoms with E-state index in [9.17, 15) is 9.18 Å². The third-order valence-corrected chi connectivity index (χ3v) is 3.95. The molecule has 0 radical (unpaired) electrons. The number of aromatic nitrogens is 1. The molecule has 0 fully saturated rings. The van der Waals surface area contributed by atoms with Crippen molar-refractivity contribution in [2.45, 2.75) is 32.9 Å². The number of nitrogens with two attached hydrogens (primary N) is 1. The van der Waals surface area contributed by atoms with Crippen LogP contribution in [0.4, 0.5) is 10.2 Å². The van der Waals surface area contributed by atoms with Crippen LogP contribution in [-0.4, -0.2) is 24.6 Å². The number of nitrogens with one attached hydrogen (secondary N) is 1. The van der Waals surface area contributed by atoms with E-state index in [1.807, 2.05) is 19.1 Å². The molecule has 2 aromatic rings. The Balaban J connectivity index is 1.97. The summed E-state index contributed by atoms with van der Waals surface area (Å²) in [6, 6.07) is 8.10. The summed E-state index contributed by atoms with van der Waals surface area (Å²) in [5.74, 6) is -0.639. The van der Waals surface area contributed by atoms with Crippen molar-refractivity contribution in [2.75, 3.05) is 19.5 Å². The Morgan fingerprint density at radius 1 is 1.29 bits per heavy atom. The molecule has 28 heavy (non-hydrogen) atoms. The van der Waals surface area contributed by atoms with Crippen LogP contribution in [0.3, 0.4) is 0 Å². The number of methoxy groups -OCH3 is 1. The standard InChI is InChI=1S/C21H26FN3O3/c1-3-4-5-6-12-28-18-9-7-8-15(19(18)22)13-24-21(26)17-11-10-16(14-27-2)25-20(17)23/h4-5,7-11H,3,6,12-14H2,1-2H3,(H2,23,25)(H,24,26). The van der Waals surface area contributed by atoms with Gasteiger partial charge in [-0.15, -0.1) is 0 Å². The summed E-state index contributed by atoms with van der Waals surface area (Å²) in [6.45, 7) is 2.75. The summed E-state index contributed by atoms with van der Waals surface area (Å²) >= 11 is 0. The van der Waals surface area contributed by atoms with E-state index < -0.39 is 11.7 Å². The number of nitrogens with zero attached hydrogens (tertiary/aromatic N) is 1. The van der Waals surface area contributed by atoms with Gasteiger partial charge in [0.15, 0.2) is 11.6 Å². The lowest BCUT2D eigenvalue weighted by Gasteiger charge is -2.11. The van der Waals surface area contributed by atoms with Crippen molar-refractivity contribution in [1.29, 1.82) is 0 Å². The second-order valence-electron chi connectivity index (χ2n) is 6.10. The van der Waals surface area contributed by atoms with Gasteiger partial charge in [-0.05, 0) is 31.0 Å². The van der Waals surface area contributed by atoms with E-state index >= 15 is 0 Å². The molecule has 6 nitrogen and oxygen atoms in total. The summed E-state index contributed by atoms with van der Waals surface area (Å²) in [6.07, 6.45) is 5.70. The Hall–Kier alpha value is -2.93. The first kappa shape index (κ1) is 21.4. The lowest BCUT2D eigenvalue weighted by molar-refractivity contribution is 0.0951. The van der Waals surface area contributed by atoms with Crippen molar-refractivity contribution in [2.24, 2.45) is 0 Å². The van der Waals surface area contributed by atoms with Crippen LogP contribution in [0.15, 0.2) is 42.5 Å². The van der Waals surface area contributed by atoms with E-state index in [4.69, 9.17) is 15.2 Å². The highest BCUT2D eigenvalue weighted by Gasteiger charge is 2.14. The minimum atomic E-state index is -0.483. The molecule has 1 amide bonds. The molecule has 0 bridgehead atoms. The lowest BCUT2D eigenvalue weighted by atomic mass is 10.1. The summed E-state index contributed by atoms with van der Waals surface area (Å²) in [4.78, 5) is 16.5. The number of hydrogen-bond donors (Lipinski definition) is 2. The molecule has 0 spiro atoms. The molecule has 3 N–H and O–H groups in total. The van der Waals surface area contributed by atoms with E-state index in [0.717, 1.165) is 6.42 Å². The fourth-order valence-electron chi connectivity index (χ4n) is 2.53. The van der Waals surface area contributed by atoms with Gasteiger partial charge in [0.05, 0.1) is 24.5 Å². The topological polar surface area (TPSA) is 86.5 Å². The van der Waals surface area contributed by atoms with Gasteiger partial charge in [-0.25, -0.2) is 9.37 Å². The van der Waals surface area contributed by atoms with Gasteiger partial charge in [-0.3, -0.25) is 4.79 Å². The normalized spacial score (nSPS) is 11.0. The van der Waals surface area contributed by atoms with E-state index in [-0.39, 0.29) is 23.7 Å². The summed E-state index contributed by atoms with van der Waals surface area (Å²) in [5, 5.41) is 2.66. The number of hydrogen-bond acceptors (Lipinski definition) is 5. The average molecular weight is 387 g/mol.